The van der Waals surface area contributed by atoms with Gasteiger partial charge in [-0.1, -0.05) is 0 Å². The zero-order valence-corrected chi connectivity index (χ0v) is 9.83. The summed E-state index contributed by atoms with van der Waals surface area (Å²) in [6, 6.07) is 5.01. The van der Waals surface area contributed by atoms with Gasteiger partial charge in [0.2, 0.25) is 5.95 Å². The molecule has 3 rings (SSSR count). The van der Waals surface area contributed by atoms with Crippen LogP contribution in [0.25, 0.3) is 20.8 Å². The molecule has 0 saturated heterocycles. The average Bonchev–Trinajstić information content (AvgIpc) is 2.72. The molecule has 0 aliphatic carbocycles. The van der Waals surface area contributed by atoms with Gasteiger partial charge in [0.05, 0.1) is 10.9 Å². The number of aromatic nitrogens is 3. The maximum absolute atomic E-state index is 12.7. The Hall–Kier alpha value is -1.88. The molecule has 17 heavy (non-hydrogen) atoms. The molecule has 0 aliphatic rings. The summed E-state index contributed by atoms with van der Waals surface area (Å²) >= 11 is 1.56. The van der Waals surface area contributed by atoms with Gasteiger partial charge in [-0.25, -0.2) is 9.97 Å². The smallest absolute Gasteiger partial charge is 0.212 e. The molecule has 84 valence electrons. The summed E-state index contributed by atoms with van der Waals surface area (Å²) in [4.78, 5) is 12.3. The summed E-state index contributed by atoms with van der Waals surface area (Å²) in [6.45, 7) is 1.94. The Morgan fingerprint density at radius 2 is 2.06 bits per heavy atom. The standard InChI is InChI=1S/C12H8FN3S/c1-7-4-10-9(6-14-7)16-12(17-10)8-2-3-11(13)15-5-8/h2-6H,1H3. The maximum Gasteiger partial charge on any atom is 0.212 e. The third-order valence-corrected chi connectivity index (χ3v) is 3.45. The van der Waals surface area contributed by atoms with Crippen molar-refractivity contribution in [1.29, 1.82) is 0 Å². The van der Waals surface area contributed by atoms with E-state index in [2.05, 4.69) is 15.0 Å². The molecule has 3 heterocycles. The Morgan fingerprint density at radius 3 is 2.82 bits per heavy atom. The van der Waals surface area contributed by atoms with E-state index >= 15 is 0 Å². The van der Waals surface area contributed by atoms with Crippen molar-refractivity contribution >= 4 is 21.6 Å². The van der Waals surface area contributed by atoms with E-state index in [4.69, 9.17) is 0 Å². The molecule has 5 heteroatoms. The van der Waals surface area contributed by atoms with Gasteiger partial charge in [0, 0.05) is 17.5 Å². The Morgan fingerprint density at radius 1 is 1.18 bits per heavy atom. The highest BCUT2D eigenvalue weighted by Gasteiger charge is 2.07. The van der Waals surface area contributed by atoms with Gasteiger partial charge < -0.3 is 0 Å². The molecule has 0 aliphatic heterocycles. The van der Waals surface area contributed by atoms with Crippen LogP contribution in [0, 0.1) is 12.9 Å². The predicted molar refractivity (Wildman–Crippen MR) is 65.3 cm³/mol. The first kappa shape index (κ1) is 10.3. The maximum atomic E-state index is 12.7. The molecule has 0 bridgehead atoms. The number of thiazole rings is 1. The summed E-state index contributed by atoms with van der Waals surface area (Å²) in [7, 11) is 0. The molecule has 0 atom stereocenters. The first-order valence-corrected chi connectivity index (χ1v) is 5.89. The Labute approximate surface area is 101 Å². The van der Waals surface area contributed by atoms with Crippen molar-refractivity contribution in [3.05, 3.63) is 42.2 Å². The number of rotatable bonds is 1. The summed E-state index contributed by atoms with van der Waals surface area (Å²) in [5.41, 5.74) is 2.65. The molecule has 0 radical (unpaired) electrons. The highest BCUT2D eigenvalue weighted by Crippen LogP contribution is 2.29. The predicted octanol–water partition coefficient (Wildman–Crippen LogP) is 3.20. The zero-order valence-electron chi connectivity index (χ0n) is 9.01. The second-order valence-electron chi connectivity index (χ2n) is 3.68. The fraction of sp³-hybridized carbons (Fsp3) is 0.0833. The van der Waals surface area contributed by atoms with Gasteiger partial charge >= 0.3 is 0 Å². The zero-order chi connectivity index (χ0) is 11.8. The molecule has 0 unspecified atom stereocenters. The molecule has 3 nitrogen and oxygen atoms in total. The van der Waals surface area contributed by atoms with Crippen LogP contribution in [-0.4, -0.2) is 15.0 Å². The highest BCUT2D eigenvalue weighted by atomic mass is 32.1. The summed E-state index contributed by atoms with van der Waals surface area (Å²) in [5, 5.41) is 0.833. The van der Waals surface area contributed by atoms with Crippen molar-refractivity contribution in [3.8, 4) is 10.6 Å². The van der Waals surface area contributed by atoms with E-state index in [0.717, 1.165) is 26.5 Å². The Bertz CT molecular complexity index is 676. The summed E-state index contributed by atoms with van der Waals surface area (Å²) in [5.74, 6) is -0.479. The normalized spacial score (nSPS) is 10.9. The van der Waals surface area contributed by atoms with Crippen LogP contribution in [0.3, 0.4) is 0 Å². The van der Waals surface area contributed by atoms with Crippen molar-refractivity contribution in [2.75, 3.05) is 0 Å². The molecule has 0 N–H and O–H groups in total. The number of aryl methyl sites for hydroxylation is 1. The Balaban J connectivity index is 2.14. The molecule has 0 fully saturated rings. The quantitative estimate of drug-likeness (QED) is 0.618. The number of nitrogens with zero attached hydrogens (tertiary/aromatic N) is 3. The van der Waals surface area contributed by atoms with Crippen LogP contribution in [0.2, 0.25) is 0 Å². The van der Waals surface area contributed by atoms with E-state index in [1.54, 1.807) is 23.6 Å². The number of halogens is 1. The van der Waals surface area contributed by atoms with Crippen molar-refractivity contribution in [2.24, 2.45) is 0 Å². The molecule has 0 spiro atoms. The fourth-order valence-corrected chi connectivity index (χ4v) is 2.58. The van der Waals surface area contributed by atoms with Crippen LogP contribution >= 0.6 is 11.3 Å². The van der Waals surface area contributed by atoms with E-state index < -0.39 is 5.95 Å². The van der Waals surface area contributed by atoms with E-state index in [0.29, 0.717) is 0 Å². The molecule has 3 aromatic rings. The minimum atomic E-state index is -0.479. The van der Waals surface area contributed by atoms with Crippen molar-refractivity contribution in [2.45, 2.75) is 6.92 Å². The molecular weight excluding hydrogens is 237 g/mol. The van der Waals surface area contributed by atoms with Crippen LogP contribution in [0.5, 0.6) is 0 Å². The average molecular weight is 245 g/mol. The number of hydrogen-bond donors (Lipinski definition) is 0. The van der Waals surface area contributed by atoms with E-state index in [9.17, 15) is 4.39 Å². The third kappa shape index (κ3) is 1.89. The van der Waals surface area contributed by atoms with Gasteiger partial charge in [0.15, 0.2) is 0 Å². The van der Waals surface area contributed by atoms with Crippen LogP contribution in [-0.2, 0) is 0 Å². The summed E-state index contributed by atoms with van der Waals surface area (Å²) in [6.07, 6.45) is 3.24. The minimum absolute atomic E-state index is 0.479. The van der Waals surface area contributed by atoms with E-state index in [-0.39, 0.29) is 0 Å². The fourth-order valence-electron chi connectivity index (χ4n) is 1.56. The third-order valence-electron chi connectivity index (χ3n) is 2.39. The van der Waals surface area contributed by atoms with Gasteiger partial charge in [0.25, 0.3) is 0 Å². The molecular formula is C12H8FN3S. The minimum Gasteiger partial charge on any atom is -0.259 e. The second-order valence-corrected chi connectivity index (χ2v) is 4.71. The van der Waals surface area contributed by atoms with Crippen molar-refractivity contribution in [3.63, 3.8) is 0 Å². The lowest BCUT2D eigenvalue weighted by Gasteiger charge is -1.93. The van der Waals surface area contributed by atoms with Crippen LogP contribution in [0.4, 0.5) is 4.39 Å². The first-order valence-electron chi connectivity index (χ1n) is 5.07. The summed E-state index contributed by atoms with van der Waals surface area (Å²) < 4.78 is 13.8. The number of fused-ring (bicyclic) bond motifs is 1. The van der Waals surface area contributed by atoms with Crippen LogP contribution < -0.4 is 0 Å². The van der Waals surface area contributed by atoms with Crippen molar-refractivity contribution < 1.29 is 4.39 Å². The highest BCUT2D eigenvalue weighted by molar-refractivity contribution is 7.21. The second kappa shape index (κ2) is 3.85. The Kier molecular flexibility index (Phi) is 2.33. The number of pyridine rings is 2. The van der Waals surface area contributed by atoms with Gasteiger partial charge in [-0.3, -0.25) is 4.98 Å². The van der Waals surface area contributed by atoms with Gasteiger partial charge in [-0.15, -0.1) is 11.3 Å². The SMILES string of the molecule is Cc1cc2sc(-c3ccc(F)nc3)nc2cn1. The van der Waals surface area contributed by atoms with Gasteiger partial charge in [-0.05, 0) is 25.1 Å². The molecule has 0 aromatic carbocycles. The molecule has 0 saturated carbocycles. The monoisotopic (exact) mass is 245 g/mol. The van der Waals surface area contributed by atoms with Crippen LogP contribution in [0.1, 0.15) is 5.69 Å². The topological polar surface area (TPSA) is 38.7 Å². The van der Waals surface area contributed by atoms with Gasteiger partial charge in [0.1, 0.15) is 10.5 Å². The van der Waals surface area contributed by atoms with Crippen LogP contribution in [0.15, 0.2) is 30.6 Å². The van der Waals surface area contributed by atoms with Crippen molar-refractivity contribution in [1.82, 2.24) is 15.0 Å². The lowest BCUT2D eigenvalue weighted by atomic mass is 10.3. The van der Waals surface area contributed by atoms with E-state index in [1.807, 2.05) is 13.0 Å². The molecule has 3 aromatic heterocycles. The largest absolute Gasteiger partial charge is 0.259 e. The van der Waals surface area contributed by atoms with Gasteiger partial charge in [-0.2, -0.15) is 4.39 Å². The number of hydrogen-bond acceptors (Lipinski definition) is 4. The lowest BCUT2D eigenvalue weighted by Crippen LogP contribution is -1.82. The first-order chi connectivity index (χ1) is 8.22. The van der Waals surface area contributed by atoms with E-state index in [1.165, 1.54) is 12.3 Å². The molecule has 0 amide bonds. The lowest BCUT2D eigenvalue weighted by molar-refractivity contribution is 0.584.